The first kappa shape index (κ1) is 14.7. The molecule has 1 N–H and O–H groups in total. The molecule has 1 atom stereocenters. The van der Waals surface area contributed by atoms with E-state index >= 15 is 0 Å². The molecule has 9 heteroatoms. The highest BCUT2D eigenvalue weighted by Crippen LogP contribution is 2.28. The van der Waals surface area contributed by atoms with E-state index in [0.29, 0.717) is 12.8 Å². The van der Waals surface area contributed by atoms with E-state index < -0.39 is 37.1 Å². The van der Waals surface area contributed by atoms with Crippen LogP contribution in [0.3, 0.4) is 0 Å². The van der Waals surface area contributed by atoms with Crippen molar-refractivity contribution < 1.29 is 26.7 Å². The van der Waals surface area contributed by atoms with Crippen LogP contribution in [0.5, 0.6) is 0 Å². The molecule has 110 valence electrons. The molecule has 0 aliphatic carbocycles. The molecule has 0 radical (unpaired) electrons. The van der Waals surface area contributed by atoms with Gasteiger partial charge in [-0.1, -0.05) is 0 Å². The second kappa shape index (κ2) is 5.02. The Bertz CT molecular complexity index is 553. The van der Waals surface area contributed by atoms with Crippen molar-refractivity contribution in [1.82, 2.24) is 4.31 Å². The summed E-state index contributed by atoms with van der Waals surface area (Å²) in [4.78, 5) is 11.0. The van der Waals surface area contributed by atoms with Crippen LogP contribution in [0.2, 0.25) is 0 Å². The van der Waals surface area contributed by atoms with Crippen molar-refractivity contribution in [2.24, 2.45) is 0 Å². The fourth-order valence-electron chi connectivity index (χ4n) is 2.65. The van der Waals surface area contributed by atoms with Crippen molar-refractivity contribution >= 4 is 25.8 Å². The first-order valence-corrected chi connectivity index (χ1v) is 9.50. The predicted octanol–water partition coefficient (Wildman–Crippen LogP) is -0.558. The minimum atomic E-state index is -3.72. The zero-order valence-electron chi connectivity index (χ0n) is 10.4. The molecule has 2 aliphatic heterocycles. The highest BCUT2D eigenvalue weighted by atomic mass is 32.2. The summed E-state index contributed by atoms with van der Waals surface area (Å²) >= 11 is 0. The lowest BCUT2D eigenvalue weighted by molar-refractivity contribution is -0.140. The van der Waals surface area contributed by atoms with E-state index in [1.54, 1.807) is 0 Å². The Morgan fingerprint density at radius 3 is 2.26 bits per heavy atom. The number of hydrogen-bond donors (Lipinski definition) is 1. The standard InChI is InChI=1S/C10H17NO6S2/c12-10(13)9-2-1-5-11(9)19(16,17)8-3-6-18(14,15)7-4-8/h8-9H,1-7H2,(H,12,13)/t9-/m0/s1. The Morgan fingerprint density at radius 2 is 1.74 bits per heavy atom. The van der Waals surface area contributed by atoms with Crippen LogP contribution in [0.25, 0.3) is 0 Å². The minimum Gasteiger partial charge on any atom is -0.480 e. The van der Waals surface area contributed by atoms with Crippen molar-refractivity contribution in [3.63, 3.8) is 0 Å². The van der Waals surface area contributed by atoms with Gasteiger partial charge in [-0.2, -0.15) is 4.31 Å². The van der Waals surface area contributed by atoms with Crippen molar-refractivity contribution in [1.29, 1.82) is 0 Å². The lowest BCUT2D eigenvalue weighted by atomic mass is 10.2. The summed E-state index contributed by atoms with van der Waals surface area (Å²) in [7, 11) is -6.85. The van der Waals surface area contributed by atoms with Crippen LogP contribution in [0.4, 0.5) is 0 Å². The summed E-state index contributed by atoms with van der Waals surface area (Å²) in [6.07, 6.45) is 0.974. The fraction of sp³-hybridized carbons (Fsp3) is 0.900. The quantitative estimate of drug-likeness (QED) is 0.748. The van der Waals surface area contributed by atoms with Gasteiger partial charge in [0.2, 0.25) is 10.0 Å². The molecular weight excluding hydrogens is 294 g/mol. The van der Waals surface area contributed by atoms with Gasteiger partial charge in [0.1, 0.15) is 15.9 Å². The highest BCUT2D eigenvalue weighted by molar-refractivity contribution is 7.92. The van der Waals surface area contributed by atoms with Crippen LogP contribution in [-0.4, -0.2) is 61.6 Å². The first-order chi connectivity index (χ1) is 8.74. The minimum absolute atomic E-state index is 0.0630. The molecule has 0 saturated carbocycles. The van der Waals surface area contributed by atoms with Gasteiger partial charge in [-0.05, 0) is 25.7 Å². The molecule has 0 aromatic rings. The Kier molecular flexibility index (Phi) is 3.90. The lowest BCUT2D eigenvalue weighted by Gasteiger charge is -2.29. The molecular formula is C10H17NO6S2. The third-order valence-electron chi connectivity index (χ3n) is 3.74. The Labute approximate surface area is 112 Å². The van der Waals surface area contributed by atoms with Crippen molar-refractivity contribution in [3.8, 4) is 0 Å². The van der Waals surface area contributed by atoms with Crippen molar-refractivity contribution in [3.05, 3.63) is 0 Å². The molecule has 0 aromatic heterocycles. The Hall–Kier alpha value is -0.670. The topological polar surface area (TPSA) is 109 Å². The van der Waals surface area contributed by atoms with E-state index in [9.17, 15) is 21.6 Å². The van der Waals surface area contributed by atoms with E-state index in [0.717, 1.165) is 4.31 Å². The average Bonchev–Trinajstić information content (AvgIpc) is 2.77. The molecule has 2 fully saturated rings. The SMILES string of the molecule is O=C(O)[C@@H]1CCCN1S(=O)(=O)C1CCS(=O)(=O)CC1. The number of nitrogens with zero attached hydrogens (tertiary/aromatic N) is 1. The molecule has 0 aromatic carbocycles. The number of carbonyl (C=O) groups is 1. The number of rotatable bonds is 3. The summed E-state index contributed by atoms with van der Waals surface area (Å²) in [6, 6.07) is -0.997. The summed E-state index contributed by atoms with van der Waals surface area (Å²) in [5.74, 6) is -1.41. The van der Waals surface area contributed by atoms with Gasteiger partial charge in [0.15, 0.2) is 0 Å². The third kappa shape index (κ3) is 2.92. The van der Waals surface area contributed by atoms with Crippen LogP contribution in [0.15, 0.2) is 0 Å². The number of sulfonamides is 1. The monoisotopic (exact) mass is 311 g/mol. The van der Waals surface area contributed by atoms with Gasteiger partial charge in [-0.15, -0.1) is 0 Å². The van der Waals surface area contributed by atoms with Gasteiger partial charge >= 0.3 is 5.97 Å². The molecule has 2 rings (SSSR count). The fourth-order valence-corrected chi connectivity index (χ4v) is 6.59. The lowest BCUT2D eigenvalue weighted by Crippen LogP contribution is -2.47. The zero-order chi connectivity index (χ0) is 14.3. The maximum atomic E-state index is 12.4. The molecule has 19 heavy (non-hydrogen) atoms. The van der Waals surface area contributed by atoms with Gasteiger partial charge < -0.3 is 5.11 Å². The number of aliphatic carboxylic acids is 1. The summed E-state index contributed by atoms with van der Waals surface area (Å²) < 4.78 is 48.4. The van der Waals surface area contributed by atoms with Crippen LogP contribution in [0.1, 0.15) is 25.7 Å². The van der Waals surface area contributed by atoms with Gasteiger partial charge in [-0.3, -0.25) is 4.79 Å². The maximum Gasteiger partial charge on any atom is 0.322 e. The zero-order valence-corrected chi connectivity index (χ0v) is 12.0. The highest BCUT2D eigenvalue weighted by Gasteiger charge is 2.43. The second-order valence-corrected chi connectivity index (χ2v) is 9.47. The molecule has 7 nitrogen and oxygen atoms in total. The number of carboxylic acid groups (broad SMARTS) is 1. The summed E-state index contributed by atoms with van der Waals surface area (Å²) in [6.45, 7) is 0.211. The van der Waals surface area contributed by atoms with Crippen LogP contribution >= 0.6 is 0 Å². The van der Waals surface area contributed by atoms with E-state index in [1.165, 1.54) is 0 Å². The number of carboxylic acids is 1. The van der Waals surface area contributed by atoms with Crippen molar-refractivity contribution in [2.75, 3.05) is 18.1 Å². The molecule has 0 amide bonds. The van der Waals surface area contributed by atoms with E-state index in [2.05, 4.69) is 0 Å². The van der Waals surface area contributed by atoms with E-state index in [4.69, 9.17) is 5.11 Å². The first-order valence-electron chi connectivity index (χ1n) is 6.18. The van der Waals surface area contributed by atoms with Crippen LogP contribution < -0.4 is 0 Å². The molecule has 0 unspecified atom stereocenters. The van der Waals surface area contributed by atoms with Crippen molar-refractivity contribution in [2.45, 2.75) is 37.0 Å². The summed E-state index contributed by atoms with van der Waals surface area (Å²) in [5.41, 5.74) is 0. The van der Waals surface area contributed by atoms with E-state index in [1.807, 2.05) is 0 Å². The molecule has 0 spiro atoms. The molecule has 2 heterocycles. The Balaban J connectivity index is 2.17. The van der Waals surface area contributed by atoms with Crippen LogP contribution in [0, 0.1) is 0 Å². The van der Waals surface area contributed by atoms with Gasteiger partial charge in [0.25, 0.3) is 0 Å². The average molecular weight is 311 g/mol. The second-order valence-electron chi connectivity index (χ2n) is 5.00. The maximum absolute atomic E-state index is 12.4. The smallest absolute Gasteiger partial charge is 0.322 e. The van der Waals surface area contributed by atoms with Gasteiger partial charge in [-0.25, -0.2) is 16.8 Å². The number of sulfone groups is 1. The normalized spacial score (nSPS) is 29.4. The molecule has 2 saturated heterocycles. The molecule has 0 bridgehead atoms. The van der Waals surface area contributed by atoms with E-state index in [-0.39, 0.29) is 30.9 Å². The summed E-state index contributed by atoms with van der Waals surface area (Å²) in [5, 5.41) is 8.26. The third-order valence-corrected chi connectivity index (χ3v) is 7.86. The Morgan fingerprint density at radius 1 is 1.16 bits per heavy atom. The van der Waals surface area contributed by atoms with Gasteiger partial charge in [0, 0.05) is 6.54 Å². The van der Waals surface area contributed by atoms with Crippen LogP contribution in [-0.2, 0) is 24.7 Å². The van der Waals surface area contributed by atoms with Gasteiger partial charge in [0.05, 0.1) is 16.8 Å². The number of hydrogen-bond acceptors (Lipinski definition) is 5. The molecule has 2 aliphatic rings. The largest absolute Gasteiger partial charge is 0.480 e. The predicted molar refractivity (Wildman–Crippen MR) is 68.0 cm³/mol.